The number of hydrogen-bond donors (Lipinski definition) is 4. The van der Waals surface area contributed by atoms with E-state index in [4.69, 9.17) is 16.7 Å². The molecule has 6 N–H and O–H groups in total. The molecule has 0 bridgehead atoms. The normalized spacial score (nSPS) is 16.4. The maximum atomic E-state index is 12.3. The molecule has 1 aromatic heterocycles. The van der Waals surface area contributed by atoms with E-state index in [-0.39, 0.29) is 25.2 Å². The summed E-state index contributed by atoms with van der Waals surface area (Å²) >= 11 is 0. The second-order valence-electron chi connectivity index (χ2n) is 5.47. The molecule has 28 heavy (non-hydrogen) atoms. The summed E-state index contributed by atoms with van der Waals surface area (Å²) in [6, 6.07) is 9.64. The van der Waals surface area contributed by atoms with Gasteiger partial charge >= 0.3 is 5.69 Å². The van der Waals surface area contributed by atoms with Crippen LogP contribution in [-0.4, -0.2) is 15.7 Å². The van der Waals surface area contributed by atoms with Crippen molar-refractivity contribution in [1.29, 1.82) is 5.26 Å². The lowest BCUT2D eigenvalue weighted by atomic mass is 10.0. The number of nitrogens with zero attached hydrogens (tertiary/aromatic N) is 2. The molecule has 1 aliphatic rings. The van der Waals surface area contributed by atoms with Gasteiger partial charge in [0.1, 0.15) is 5.82 Å². The summed E-state index contributed by atoms with van der Waals surface area (Å²) in [6.07, 6.45) is 4.49. The van der Waals surface area contributed by atoms with Crippen LogP contribution in [0.2, 0.25) is 0 Å². The van der Waals surface area contributed by atoms with Crippen LogP contribution in [-0.2, 0) is 6.42 Å². The van der Waals surface area contributed by atoms with Crippen molar-refractivity contribution in [2.45, 2.75) is 60.0 Å². The molecule has 0 radical (unpaired) electrons. The smallest absolute Gasteiger partial charge is 0.331 e. The molecular weight excluding hydrogens is 352 g/mol. The molecule has 2 aromatic rings. The number of nitrogen functional groups attached to an aromatic ring is 1. The summed E-state index contributed by atoms with van der Waals surface area (Å²) in [5, 5.41) is 11.6. The lowest BCUT2D eigenvalue weighted by molar-refractivity contribution is 0.577. The lowest BCUT2D eigenvalue weighted by Crippen LogP contribution is -2.36. The first kappa shape index (κ1) is 25.0. The van der Waals surface area contributed by atoms with Gasteiger partial charge in [0.05, 0.1) is 29.5 Å². The molecule has 0 spiro atoms. The molecule has 1 aliphatic heterocycles. The third kappa shape index (κ3) is 5.51. The Kier molecular flexibility index (Phi) is 11.1. The maximum Gasteiger partial charge on any atom is 0.331 e. The Hall–Kier alpha value is -2.98. The summed E-state index contributed by atoms with van der Waals surface area (Å²) in [7, 11) is 0. The molecule has 2 heterocycles. The molecule has 2 atom stereocenters. The molecule has 0 amide bonds. The van der Waals surface area contributed by atoms with Crippen LogP contribution in [0.25, 0.3) is 5.69 Å². The van der Waals surface area contributed by atoms with E-state index in [0.29, 0.717) is 30.0 Å². The van der Waals surface area contributed by atoms with Crippen molar-refractivity contribution < 1.29 is 0 Å². The third-order valence-corrected chi connectivity index (χ3v) is 3.98. The van der Waals surface area contributed by atoms with E-state index in [0.717, 1.165) is 5.56 Å². The van der Waals surface area contributed by atoms with E-state index in [2.05, 4.69) is 16.4 Å². The number of imidazole rings is 1. The zero-order chi connectivity index (χ0) is 20.4. The van der Waals surface area contributed by atoms with E-state index in [9.17, 15) is 4.79 Å². The number of aryl methyl sites for hydroxylation is 1. The van der Waals surface area contributed by atoms with Gasteiger partial charge in [-0.3, -0.25) is 9.55 Å². The predicted molar refractivity (Wildman–Crippen MR) is 117 cm³/mol. The number of nitrogens with one attached hydrogen (secondary N) is 2. The van der Waals surface area contributed by atoms with Gasteiger partial charge in [0, 0.05) is 6.42 Å². The van der Waals surface area contributed by atoms with Crippen LogP contribution in [0, 0.1) is 11.3 Å². The predicted octanol–water partition coefficient (Wildman–Crippen LogP) is 3.38. The minimum Gasteiger partial charge on any atom is -0.384 e. The molecule has 0 fully saturated rings. The summed E-state index contributed by atoms with van der Waals surface area (Å²) in [5.41, 5.74) is 14.1. The van der Waals surface area contributed by atoms with Gasteiger partial charge in [-0.05, 0) is 30.3 Å². The molecule has 0 saturated carbocycles. The van der Waals surface area contributed by atoms with Gasteiger partial charge in [0.2, 0.25) is 0 Å². The molecule has 0 aliphatic carbocycles. The molecule has 1 aromatic carbocycles. The van der Waals surface area contributed by atoms with Crippen molar-refractivity contribution in [1.82, 2.24) is 14.9 Å². The molecular formula is C21H34N6O. The van der Waals surface area contributed by atoms with Crippen LogP contribution in [0.4, 0.5) is 5.82 Å². The average molecular weight is 387 g/mol. The number of nitriles is 1. The number of hydrogen-bond acceptors (Lipinski definition) is 5. The second kappa shape index (κ2) is 12.4. The molecule has 7 heteroatoms. The van der Waals surface area contributed by atoms with E-state index in [1.807, 2.05) is 58.0 Å². The van der Waals surface area contributed by atoms with Crippen LogP contribution in [0.3, 0.4) is 0 Å². The Balaban J connectivity index is 0.00000137. The number of anilines is 1. The van der Waals surface area contributed by atoms with Crippen molar-refractivity contribution >= 4 is 5.82 Å². The maximum absolute atomic E-state index is 12.3. The van der Waals surface area contributed by atoms with Gasteiger partial charge in [-0.1, -0.05) is 53.3 Å². The van der Waals surface area contributed by atoms with E-state index in [1.165, 1.54) is 0 Å². The van der Waals surface area contributed by atoms with E-state index >= 15 is 0 Å². The van der Waals surface area contributed by atoms with Gasteiger partial charge in [0.25, 0.3) is 0 Å². The van der Waals surface area contributed by atoms with Crippen LogP contribution in [0.5, 0.6) is 0 Å². The zero-order valence-electron chi connectivity index (χ0n) is 16.5. The topological polar surface area (TPSA) is 126 Å². The fourth-order valence-corrected chi connectivity index (χ4v) is 2.82. The molecule has 0 saturated heterocycles. The monoisotopic (exact) mass is 386 g/mol. The van der Waals surface area contributed by atoms with Crippen molar-refractivity contribution in [2.24, 2.45) is 5.73 Å². The van der Waals surface area contributed by atoms with Gasteiger partial charge in [0.15, 0.2) is 0 Å². The highest BCUT2D eigenvalue weighted by molar-refractivity contribution is 5.48. The summed E-state index contributed by atoms with van der Waals surface area (Å²) < 4.78 is 1.55. The number of aromatic amines is 1. The molecule has 3 rings (SSSR count). The first-order chi connectivity index (χ1) is 13.1. The fourth-order valence-electron chi connectivity index (χ4n) is 2.82. The highest BCUT2D eigenvalue weighted by Gasteiger charge is 2.28. The molecule has 2 unspecified atom stereocenters. The Labute approximate surface area is 168 Å². The van der Waals surface area contributed by atoms with Crippen molar-refractivity contribution in [3.63, 3.8) is 0 Å². The summed E-state index contributed by atoms with van der Waals surface area (Å²) in [5.74, 6) is 0.129. The number of benzene rings is 1. The van der Waals surface area contributed by atoms with E-state index < -0.39 is 0 Å². The Bertz CT molecular complexity index is 826. The summed E-state index contributed by atoms with van der Waals surface area (Å²) in [4.78, 5) is 14.9. The van der Waals surface area contributed by atoms with E-state index in [1.54, 1.807) is 10.8 Å². The van der Waals surface area contributed by atoms with Crippen LogP contribution >= 0.6 is 0 Å². The highest BCUT2D eigenvalue weighted by atomic mass is 16.1. The minimum atomic E-state index is -0.325. The zero-order valence-corrected chi connectivity index (χ0v) is 16.5. The Morgan fingerprint density at radius 2 is 1.79 bits per heavy atom. The Morgan fingerprint density at radius 3 is 2.29 bits per heavy atom. The van der Waals surface area contributed by atoms with Crippen molar-refractivity contribution in [3.8, 4) is 11.8 Å². The third-order valence-electron chi connectivity index (χ3n) is 3.98. The largest absolute Gasteiger partial charge is 0.384 e. The fraction of sp³-hybridized carbons (Fsp3) is 0.429. The molecule has 7 nitrogen and oxygen atoms in total. The standard InChI is InChI=1S/C16H18N6O.2C2H6.CH4/c17-8-1-2-10-3-5-11(6-4-10)22-13(15(19)21-16(22)23)12-7-9-20-14(12)18;2*1-2;/h3-7,9,12,14,20H,1-2,18-19H2,(H,21,23);2*1-2H3;1H4. The van der Waals surface area contributed by atoms with Crippen molar-refractivity contribution in [3.05, 3.63) is 58.3 Å². The van der Waals surface area contributed by atoms with Gasteiger partial charge in [-0.2, -0.15) is 5.26 Å². The second-order valence-corrected chi connectivity index (χ2v) is 5.47. The SMILES string of the molecule is C.CC.CC.N#CCCc1ccc(-n2c(C3C=CNC3N)c(N)[nH]c2=O)cc1. The van der Waals surface area contributed by atoms with Crippen molar-refractivity contribution in [2.75, 3.05) is 5.73 Å². The molecule has 154 valence electrons. The van der Waals surface area contributed by atoms with Crippen LogP contribution in [0.1, 0.15) is 58.7 Å². The minimum absolute atomic E-state index is 0. The first-order valence-electron chi connectivity index (χ1n) is 9.37. The van der Waals surface area contributed by atoms with Gasteiger partial charge in [-0.15, -0.1) is 0 Å². The van der Waals surface area contributed by atoms with Gasteiger partial charge < -0.3 is 16.8 Å². The quantitative estimate of drug-likeness (QED) is 0.641. The summed E-state index contributed by atoms with van der Waals surface area (Å²) in [6.45, 7) is 8.00. The highest BCUT2D eigenvalue weighted by Crippen LogP contribution is 2.28. The number of nitrogens with two attached hydrogens (primary N) is 2. The van der Waals surface area contributed by atoms with Crippen LogP contribution < -0.4 is 22.5 Å². The average Bonchev–Trinajstić information content (AvgIpc) is 3.25. The van der Waals surface area contributed by atoms with Crippen LogP contribution in [0.15, 0.2) is 41.3 Å². The number of aromatic nitrogens is 2. The first-order valence-corrected chi connectivity index (χ1v) is 9.37. The Morgan fingerprint density at radius 1 is 1.18 bits per heavy atom. The lowest BCUT2D eigenvalue weighted by Gasteiger charge is -2.18. The number of H-pyrrole nitrogens is 1. The van der Waals surface area contributed by atoms with Gasteiger partial charge in [-0.25, -0.2) is 4.79 Å². The number of rotatable bonds is 4.